The van der Waals surface area contributed by atoms with E-state index in [1.54, 1.807) is 0 Å². The van der Waals surface area contributed by atoms with E-state index in [1.807, 2.05) is 0 Å². The fourth-order valence-electron chi connectivity index (χ4n) is 5.70. The Hall–Kier alpha value is -0.610. The number of carboxylic acids is 1. The lowest BCUT2D eigenvalue weighted by atomic mass is 9.49. The Bertz CT molecular complexity index is 359. The van der Waals surface area contributed by atoms with Gasteiger partial charge in [-0.05, 0) is 75.8 Å². The largest absolute Gasteiger partial charge is 0.480 e. The molecule has 4 saturated carbocycles. The number of carboxylic acid groups (broad SMARTS) is 1. The predicted molar refractivity (Wildman–Crippen MR) is 83.2 cm³/mol. The Morgan fingerprint density at radius 3 is 2.00 bits per heavy atom. The monoisotopic (exact) mass is 294 g/mol. The molecule has 0 spiro atoms. The molecule has 21 heavy (non-hydrogen) atoms. The molecule has 4 aliphatic rings. The van der Waals surface area contributed by atoms with Gasteiger partial charge in [-0.25, -0.2) is 0 Å². The van der Waals surface area contributed by atoms with Gasteiger partial charge in [0.05, 0.1) is 6.54 Å². The van der Waals surface area contributed by atoms with Crippen LogP contribution in [0.1, 0.15) is 38.5 Å². The Morgan fingerprint density at radius 2 is 1.57 bits per heavy atom. The van der Waals surface area contributed by atoms with Gasteiger partial charge >= 0.3 is 5.97 Å². The van der Waals surface area contributed by atoms with E-state index < -0.39 is 5.97 Å². The summed E-state index contributed by atoms with van der Waals surface area (Å²) < 4.78 is 0. The Morgan fingerprint density at radius 1 is 1.05 bits per heavy atom. The van der Waals surface area contributed by atoms with Gasteiger partial charge in [-0.1, -0.05) is 0 Å². The summed E-state index contributed by atoms with van der Waals surface area (Å²) in [7, 11) is 4.12. The third-order valence-corrected chi connectivity index (χ3v) is 5.95. The lowest BCUT2D eigenvalue weighted by molar-refractivity contribution is -0.139. The van der Waals surface area contributed by atoms with Crippen molar-refractivity contribution in [2.45, 2.75) is 38.5 Å². The van der Waals surface area contributed by atoms with Gasteiger partial charge in [-0.15, -0.1) is 0 Å². The third-order valence-electron chi connectivity index (χ3n) is 5.95. The third kappa shape index (κ3) is 3.59. The van der Waals surface area contributed by atoms with Gasteiger partial charge in [0.15, 0.2) is 0 Å². The Kier molecular flexibility index (Phi) is 4.28. The maximum Gasteiger partial charge on any atom is 0.317 e. The van der Waals surface area contributed by atoms with Crippen molar-refractivity contribution in [3.05, 3.63) is 0 Å². The molecule has 4 nitrogen and oxygen atoms in total. The first-order valence-corrected chi connectivity index (χ1v) is 8.53. The minimum Gasteiger partial charge on any atom is -0.480 e. The molecule has 0 saturated heterocycles. The van der Waals surface area contributed by atoms with Gasteiger partial charge in [-0.2, -0.15) is 0 Å². The highest BCUT2D eigenvalue weighted by Crippen LogP contribution is 2.60. The van der Waals surface area contributed by atoms with E-state index >= 15 is 0 Å². The number of aliphatic carboxylic acids is 1. The van der Waals surface area contributed by atoms with Gasteiger partial charge in [-0.3, -0.25) is 9.69 Å². The molecule has 0 heterocycles. The number of nitrogens with zero attached hydrogens (tertiary/aromatic N) is 2. The first-order chi connectivity index (χ1) is 9.94. The number of carbonyl (C=O) groups is 1. The molecule has 0 aromatic rings. The summed E-state index contributed by atoms with van der Waals surface area (Å²) in [4.78, 5) is 15.5. The molecule has 120 valence electrons. The maximum atomic E-state index is 11.2. The average Bonchev–Trinajstić information content (AvgIpc) is 2.33. The van der Waals surface area contributed by atoms with Crippen molar-refractivity contribution in [1.82, 2.24) is 9.80 Å². The smallest absolute Gasteiger partial charge is 0.317 e. The molecule has 0 atom stereocenters. The zero-order valence-electron chi connectivity index (χ0n) is 13.6. The van der Waals surface area contributed by atoms with E-state index in [9.17, 15) is 9.90 Å². The molecular formula is C17H30N2O2. The van der Waals surface area contributed by atoms with Crippen LogP contribution in [0.25, 0.3) is 0 Å². The Labute approximate surface area is 128 Å². The molecule has 0 aromatic heterocycles. The molecule has 4 heteroatoms. The molecule has 0 radical (unpaired) electrons. The van der Waals surface area contributed by atoms with Gasteiger partial charge in [0.1, 0.15) is 0 Å². The highest BCUT2D eigenvalue weighted by Gasteiger charge is 2.51. The van der Waals surface area contributed by atoms with E-state index in [4.69, 9.17) is 0 Å². The highest BCUT2D eigenvalue weighted by atomic mass is 16.4. The summed E-state index contributed by atoms with van der Waals surface area (Å²) in [5, 5.41) is 9.21. The van der Waals surface area contributed by atoms with Gasteiger partial charge in [0, 0.05) is 19.6 Å². The van der Waals surface area contributed by atoms with Crippen molar-refractivity contribution in [2.75, 3.05) is 40.3 Å². The standard InChI is InChI=1S/C17H30N2O2/c1-18(2)3-4-19(11-16(20)21)12-17-8-13-5-14(9-17)7-15(6-13)10-17/h13-15H,3-12H2,1-2H3,(H,20,21). The molecule has 4 bridgehead atoms. The van der Waals surface area contributed by atoms with Crippen LogP contribution in [0.15, 0.2) is 0 Å². The van der Waals surface area contributed by atoms with Crippen LogP contribution >= 0.6 is 0 Å². The molecule has 4 aliphatic carbocycles. The molecule has 0 unspecified atom stereocenters. The quantitative estimate of drug-likeness (QED) is 0.781. The lowest BCUT2D eigenvalue weighted by Gasteiger charge is -2.58. The molecule has 4 rings (SSSR count). The topological polar surface area (TPSA) is 43.8 Å². The SMILES string of the molecule is CN(C)CCN(CC(=O)O)CC12CC3CC(CC(C3)C1)C2. The number of hydrogen-bond donors (Lipinski definition) is 1. The first kappa shape index (κ1) is 15.3. The number of rotatable bonds is 7. The van der Waals surface area contributed by atoms with Gasteiger partial charge in [0.25, 0.3) is 0 Å². The average molecular weight is 294 g/mol. The van der Waals surface area contributed by atoms with Crippen LogP contribution in [0, 0.1) is 23.2 Å². The second-order valence-corrected chi connectivity index (χ2v) is 8.33. The predicted octanol–water partition coefficient (Wildman–Crippen LogP) is 2.15. The van der Waals surface area contributed by atoms with Gasteiger partial charge < -0.3 is 10.0 Å². The van der Waals surface area contributed by atoms with E-state index in [1.165, 1.54) is 38.5 Å². The highest BCUT2D eigenvalue weighted by molar-refractivity contribution is 5.69. The normalized spacial score (nSPS) is 37.6. The Balaban J connectivity index is 1.65. The second kappa shape index (κ2) is 5.88. The summed E-state index contributed by atoms with van der Waals surface area (Å²) in [5.74, 6) is 2.14. The van der Waals surface area contributed by atoms with E-state index in [-0.39, 0.29) is 6.54 Å². The van der Waals surface area contributed by atoms with Crippen LogP contribution < -0.4 is 0 Å². The van der Waals surface area contributed by atoms with Crippen molar-refractivity contribution in [3.63, 3.8) is 0 Å². The minimum atomic E-state index is -0.682. The van der Waals surface area contributed by atoms with Gasteiger partial charge in [0.2, 0.25) is 0 Å². The molecular weight excluding hydrogens is 264 g/mol. The van der Waals surface area contributed by atoms with Crippen molar-refractivity contribution < 1.29 is 9.90 Å². The van der Waals surface area contributed by atoms with Crippen molar-refractivity contribution in [3.8, 4) is 0 Å². The molecule has 0 amide bonds. The summed E-state index contributed by atoms with van der Waals surface area (Å²) in [5.41, 5.74) is 0.441. The zero-order chi connectivity index (χ0) is 15.0. The fourth-order valence-corrected chi connectivity index (χ4v) is 5.70. The number of hydrogen-bond acceptors (Lipinski definition) is 3. The summed E-state index contributed by atoms with van der Waals surface area (Å²) in [6.45, 7) is 3.03. The first-order valence-electron chi connectivity index (χ1n) is 8.53. The lowest BCUT2D eigenvalue weighted by Crippen LogP contribution is -2.52. The van der Waals surface area contributed by atoms with Crippen molar-refractivity contribution in [1.29, 1.82) is 0 Å². The van der Waals surface area contributed by atoms with Crippen LogP contribution in [0.5, 0.6) is 0 Å². The van der Waals surface area contributed by atoms with Crippen LogP contribution in [0.3, 0.4) is 0 Å². The zero-order valence-corrected chi connectivity index (χ0v) is 13.6. The molecule has 0 aromatic carbocycles. The summed E-state index contributed by atoms with van der Waals surface area (Å²) in [6, 6.07) is 0. The fraction of sp³-hybridized carbons (Fsp3) is 0.941. The summed E-state index contributed by atoms with van der Waals surface area (Å²) >= 11 is 0. The van der Waals surface area contributed by atoms with E-state index in [2.05, 4.69) is 23.9 Å². The van der Waals surface area contributed by atoms with E-state index in [0.29, 0.717) is 5.41 Å². The van der Waals surface area contributed by atoms with Crippen LogP contribution in [0.2, 0.25) is 0 Å². The number of likely N-dealkylation sites (N-methyl/N-ethyl adjacent to an activating group) is 1. The van der Waals surface area contributed by atoms with Crippen molar-refractivity contribution in [2.24, 2.45) is 23.2 Å². The molecule has 0 aliphatic heterocycles. The van der Waals surface area contributed by atoms with E-state index in [0.717, 1.165) is 37.4 Å². The second-order valence-electron chi connectivity index (χ2n) is 8.33. The van der Waals surface area contributed by atoms with Crippen LogP contribution in [-0.4, -0.2) is 61.2 Å². The van der Waals surface area contributed by atoms with Crippen LogP contribution in [0.4, 0.5) is 0 Å². The maximum absolute atomic E-state index is 11.2. The molecule has 4 fully saturated rings. The summed E-state index contributed by atoms with van der Waals surface area (Å²) in [6.07, 6.45) is 8.44. The molecule has 1 N–H and O–H groups in total. The van der Waals surface area contributed by atoms with Crippen molar-refractivity contribution >= 4 is 5.97 Å². The van der Waals surface area contributed by atoms with Crippen LogP contribution in [-0.2, 0) is 4.79 Å². The minimum absolute atomic E-state index is 0.204.